The summed E-state index contributed by atoms with van der Waals surface area (Å²) in [5.41, 5.74) is 0.464. The molecule has 0 amide bonds. The van der Waals surface area contributed by atoms with Crippen LogP contribution in [0.4, 0.5) is 0 Å². The highest BCUT2D eigenvalue weighted by Crippen LogP contribution is 2.21. The maximum Gasteiger partial charge on any atom is 0.306 e. The Morgan fingerprint density at radius 1 is 1.31 bits per heavy atom. The quantitative estimate of drug-likeness (QED) is 0.628. The molecule has 0 bridgehead atoms. The lowest BCUT2D eigenvalue weighted by atomic mass is 9.98. The molecule has 0 radical (unpaired) electrons. The number of aliphatic hydroxyl groups is 2. The van der Waals surface area contributed by atoms with Crippen molar-refractivity contribution in [2.75, 3.05) is 0 Å². The Labute approximate surface area is 92.0 Å². The van der Waals surface area contributed by atoms with E-state index in [0.717, 1.165) is 0 Å². The molecule has 0 heterocycles. The lowest BCUT2D eigenvalue weighted by Gasteiger charge is -2.17. The summed E-state index contributed by atoms with van der Waals surface area (Å²) in [6.45, 7) is 0. The summed E-state index contributed by atoms with van der Waals surface area (Å²) in [5, 5.41) is 27.6. The molecule has 1 aromatic rings. The van der Waals surface area contributed by atoms with Crippen molar-refractivity contribution < 1.29 is 24.9 Å². The molecule has 0 saturated heterocycles. The molecule has 16 heavy (non-hydrogen) atoms. The van der Waals surface area contributed by atoms with Crippen molar-refractivity contribution in [1.29, 1.82) is 0 Å². The highest BCUT2D eigenvalue weighted by molar-refractivity contribution is 5.77. The number of carbonyl (C=O) groups excluding carboxylic acids is 1. The van der Waals surface area contributed by atoms with Crippen LogP contribution in [-0.2, 0) is 4.79 Å². The lowest BCUT2D eigenvalue weighted by Crippen LogP contribution is -2.22. The molecular formula is C11H12O5. The second-order valence-electron chi connectivity index (χ2n) is 3.36. The number of hydrogen-bond donors (Lipinski definition) is 3. The van der Waals surface area contributed by atoms with Crippen molar-refractivity contribution >= 4 is 12.3 Å². The number of carbonyl (C=O) groups is 2. The fraction of sp³-hybridized carbons (Fsp3) is 0.273. The summed E-state index contributed by atoms with van der Waals surface area (Å²) >= 11 is 0. The van der Waals surface area contributed by atoms with Crippen molar-refractivity contribution in [1.82, 2.24) is 0 Å². The van der Waals surface area contributed by atoms with Crippen molar-refractivity contribution in [2.24, 2.45) is 0 Å². The maximum absolute atomic E-state index is 10.7. The van der Waals surface area contributed by atoms with Crippen LogP contribution in [0.1, 0.15) is 28.4 Å². The van der Waals surface area contributed by atoms with E-state index in [9.17, 15) is 19.8 Å². The third kappa shape index (κ3) is 2.88. The molecule has 0 fully saturated rings. The Morgan fingerprint density at radius 2 is 1.94 bits per heavy atom. The monoisotopic (exact) mass is 224 g/mol. The van der Waals surface area contributed by atoms with E-state index in [1.165, 1.54) is 12.1 Å². The highest BCUT2D eigenvalue weighted by atomic mass is 16.4. The molecule has 0 aliphatic rings. The Kier molecular flexibility index (Phi) is 4.16. The molecule has 5 heteroatoms. The van der Waals surface area contributed by atoms with E-state index in [-0.39, 0.29) is 11.1 Å². The molecule has 0 aliphatic carbocycles. The van der Waals surface area contributed by atoms with Crippen LogP contribution in [0, 0.1) is 0 Å². The summed E-state index contributed by atoms with van der Waals surface area (Å²) in [7, 11) is 0. The molecule has 1 aromatic carbocycles. The van der Waals surface area contributed by atoms with Gasteiger partial charge in [-0.25, -0.2) is 0 Å². The molecule has 1 rings (SSSR count). The minimum Gasteiger partial charge on any atom is -0.481 e. The van der Waals surface area contributed by atoms with E-state index in [1.54, 1.807) is 12.1 Å². The van der Waals surface area contributed by atoms with Crippen LogP contribution < -0.4 is 0 Å². The molecule has 0 aromatic heterocycles. The zero-order valence-corrected chi connectivity index (χ0v) is 8.41. The van der Waals surface area contributed by atoms with Gasteiger partial charge in [-0.05, 0) is 5.56 Å². The van der Waals surface area contributed by atoms with Crippen LogP contribution in [0.15, 0.2) is 24.3 Å². The van der Waals surface area contributed by atoms with Gasteiger partial charge in [0.05, 0.1) is 12.5 Å². The third-order valence-corrected chi connectivity index (χ3v) is 2.19. The number of aliphatic hydroxyl groups excluding tert-OH is 2. The van der Waals surface area contributed by atoms with Gasteiger partial charge in [0, 0.05) is 5.56 Å². The molecule has 86 valence electrons. The molecule has 2 atom stereocenters. The third-order valence-electron chi connectivity index (χ3n) is 2.19. The van der Waals surface area contributed by atoms with Crippen LogP contribution in [0.3, 0.4) is 0 Å². The Balaban J connectivity index is 2.90. The average Bonchev–Trinajstić information content (AvgIpc) is 2.27. The first-order valence-corrected chi connectivity index (χ1v) is 4.68. The van der Waals surface area contributed by atoms with Gasteiger partial charge >= 0.3 is 5.97 Å². The molecule has 0 saturated carbocycles. The predicted molar refractivity (Wildman–Crippen MR) is 55.0 cm³/mol. The van der Waals surface area contributed by atoms with Gasteiger partial charge in [0.1, 0.15) is 12.4 Å². The maximum atomic E-state index is 10.7. The summed E-state index contributed by atoms with van der Waals surface area (Å²) in [6.07, 6.45) is -2.84. The van der Waals surface area contributed by atoms with Gasteiger partial charge in [0.15, 0.2) is 0 Å². The molecule has 0 aliphatic heterocycles. The van der Waals surface area contributed by atoms with Gasteiger partial charge in [-0.15, -0.1) is 0 Å². The minimum atomic E-state index is -1.43. The first-order chi connectivity index (χ1) is 7.56. The van der Waals surface area contributed by atoms with Crippen LogP contribution in [-0.4, -0.2) is 33.7 Å². The lowest BCUT2D eigenvalue weighted by molar-refractivity contribution is -0.141. The number of carboxylic acids is 1. The van der Waals surface area contributed by atoms with Crippen molar-refractivity contribution in [2.45, 2.75) is 18.6 Å². The van der Waals surface area contributed by atoms with E-state index in [2.05, 4.69) is 0 Å². The number of benzene rings is 1. The Morgan fingerprint density at radius 3 is 2.50 bits per heavy atom. The molecule has 3 N–H and O–H groups in total. The van der Waals surface area contributed by atoms with Crippen LogP contribution >= 0.6 is 0 Å². The van der Waals surface area contributed by atoms with Crippen LogP contribution in [0.2, 0.25) is 0 Å². The fourth-order valence-corrected chi connectivity index (χ4v) is 1.39. The smallest absolute Gasteiger partial charge is 0.306 e. The predicted octanol–water partition coefficient (Wildman–Crippen LogP) is 0.368. The molecular weight excluding hydrogens is 212 g/mol. The Hall–Kier alpha value is -1.72. The minimum absolute atomic E-state index is 0.228. The van der Waals surface area contributed by atoms with Gasteiger partial charge in [-0.2, -0.15) is 0 Å². The van der Waals surface area contributed by atoms with Crippen molar-refractivity contribution in [3.63, 3.8) is 0 Å². The first-order valence-electron chi connectivity index (χ1n) is 4.68. The summed E-state index contributed by atoms with van der Waals surface area (Å²) in [4.78, 5) is 21.0. The van der Waals surface area contributed by atoms with Gasteiger partial charge in [-0.3, -0.25) is 9.59 Å². The molecule has 2 unspecified atom stereocenters. The van der Waals surface area contributed by atoms with E-state index >= 15 is 0 Å². The normalized spacial score (nSPS) is 14.1. The van der Waals surface area contributed by atoms with Gasteiger partial charge in [0.2, 0.25) is 0 Å². The summed E-state index contributed by atoms with van der Waals surface area (Å²) in [6, 6.07) is 6.17. The van der Waals surface area contributed by atoms with E-state index in [0.29, 0.717) is 6.29 Å². The second kappa shape index (κ2) is 5.39. The first kappa shape index (κ1) is 12.4. The largest absolute Gasteiger partial charge is 0.481 e. The second-order valence-corrected chi connectivity index (χ2v) is 3.36. The standard InChI is InChI=1S/C11H12O5/c12-6-7-3-1-2-4-8(7)11(16)9(13)5-10(14)15/h1-4,6,9,11,13,16H,5H2,(H,14,15). The highest BCUT2D eigenvalue weighted by Gasteiger charge is 2.22. The van der Waals surface area contributed by atoms with E-state index in [4.69, 9.17) is 5.11 Å². The van der Waals surface area contributed by atoms with Crippen molar-refractivity contribution in [3.05, 3.63) is 35.4 Å². The number of carboxylic acid groups (broad SMARTS) is 1. The zero-order valence-electron chi connectivity index (χ0n) is 8.41. The molecule has 0 spiro atoms. The Bertz CT molecular complexity index is 388. The topological polar surface area (TPSA) is 94.8 Å². The number of rotatable bonds is 5. The number of hydrogen-bond acceptors (Lipinski definition) is 4. The van der Waals surface area contributed by atoms with Gasteiger partial charge < -0.3 is 15.3 Å². The van der Waals surface area contributed by atoms with E-state index in [1.807, 2.05) is 0 Å². The fourth-order valence-electron chi connectivity index (χ4n) is 1.39. The van der Waals surface area contributed by atoms with Gasteiger partial charge in [0.25, 0.3) is 0 Å². The number of aldehydes is 1. The summed E-state index contributed by atoms with van der Waals surface area (Å²) in [5.74, 6) is -1.21. The van der Waals surface area contributed by atoms with Gasteiger partial charge in [-0.1, -0.05) is 24.3 Å². The van der Waals surface area contributed by atoms with E-state index < -0.39 is 24.6 Å². The van der Waals surface area contributed by atoms with Crippen molar-refractivity contribution in [3.8, 4) is 0 Å². The van der Waals surface area contributed by atoms with Crippen LogP contribution in [0.25, 0.3) is 0 Å². The van der Waals surface area contributed by atoms with Crippen LogP contribution in [0.5, 0.6) is 0 Å². The summed E-state index contributed by atoms with van der Waals surface area (Å²) < 4.78 is 0. The zero-order chi connectivity index (χ0) is 12.1. The molecule has 5 nitrogen and oxygen atoms in total. The SMILES string of the molecule is O=Cc1ccccc1C(O)C(O)CC(=O)O. The number of aliphatic carboxylic acids is 1. The average molecular weight is 224 g/mol.